The predicted molar refractivity (Wildman–Crippen MR) is 59.1 cm³/mol. The minimum absolute atomic E-state index is 0.112. The number of hydrogen-bond donors (Lipinski definition) is 4. The van der Waals surface area contributed by atoms with Crippen molar-refractivity contribution in [3.63, 3.8) is 0 Å². The highest BCUT2D eigenvalue weighted by Crippen LogP contribution is 2.06. The van der Waals surface area contributed by atoms with Crippen LogP contribution in [0.3, 0.4) is 0 Å². The average molecular weight is 230 g/mol. The molecule has 0 aromatic rings. The Bertz CT molecular complexity index is 264. The van der Waals surface area contributed by atoms with Crippen molar-refractivity contribution in [1.29, 1.82) is 0 Å². The molecule has 0 aliphatic heterocycles. The lowest BCUT2D eigenvalue weighted by molar-refractivity contribution is -0.141. The third-order valence-corrected chi connectivity index (χ3v) is 1.80. The lowest BCUT2D eigenvalue weighted by Gasteiger charge is -2.21. The summed E-state index contributed by atoms with van der Waals surface area (Å²) in [7, 11) is 0. The van der Waals surface area contributed by atoms with Gasteiger partial charge in [0, 0.05) is 13.1 Å². The molecule has 0 radical (unpaired) electrons. The van der Waals surface area contributed by atoms with Crippen LogP contribution < -0.4 is 10.6 Å². The number of carboxylic acid groups (broad SMARTS) is 1. The summed E-state index contributed by atoms with van der Waals surface area (Å²) in [5.41, 5.74) is -1.44. The first-order chi connectivity index (χ1) is 7.37. The van der Waals surface area contributed by atoms with Crippen molar-refractivity contribution in [2.45, 2.75) is 25.4 Å². The van der Waals surface area contributed by atoms with Gasteiger partial charge in [0.2, 0.25) is 0 Å². The molecule has 6 nitrogen and oxygen atoms in total. The third-order valence-electron chi connectivity index (χ3n) is 1.80. The van der Waals surface area contributed by atoms with Crippen LogP contribution >= 0.6 is 0 Å². The van der Waals surface area contributed by atoms with Crippen molar-refractivity contribution in [1.82, 2.24) is 10.6 Å². The first-order valence-corrected chi connectivity index (χ1v) is 4.94. The molecule has 0 heterocycles. The van der Waals surface area contributed by atoms with Crippen LogP contribution in [0.1, 0.15) is 19.8 Å². The van der Waals surface area contributed by atoms with Crippen LogP contribution in [0.4, 0.5) is 4.79 Å². The lowest BCUT2D eigenvalue weighted by Crippen LogP contribution is -2.45. The minimum Gasteiger partial charge on any atom is -0.481 e. The van der Waals surface area contributed by atoms with Crippen molar-refractivity contribution in [2.24, 2.45) is 0 Å². The molecular formula is C10H18N2O4. The molecule has 1 atom stereocenters. The van der Waals surface area contributed by atoms with Gasteiger partial charge < -0.3 is 20.8 Å². The highest BCUT2D eigenvalue weighted by atomic mass is 16.4. The van der Waals surface area contributed by atoms with Crippen molar-refractivity contribution < 1.29 is 19.8 Å². The Morgan fingerprint density at radius 2 is 2.06 bits per heavy atom. The zero-order valence-corrected chi connectivity index (χ0v) is 9.32. The van der Waals surface area contributed by atoms with Gasteiger partial charge in [-0.15, -0.1) is 6.58 Å². The van der Waals surface area contributed by atoms with E-state index in [1.54, 1.807) is 6.08 Å². The fraction of sp³-hybridized carbons (Fsp3) is 0.600. The number of carboxylic acids is 1. The van der Waals surface area contributed by atoms with Crippen molar-refractivity contribution in [3.05, 3.63) is 12.7 Å². The van der Waals surface area contributed by atoms with Gasteiger partial charge in [-0.25, -0.2) is 4.79 Å². The zero-order chi connectivity index (χ0) is 12.6. The number of carbonyl (C=O) groups is 2. The molecule has 0 spiro atoms. The van der Waals surface area contributed by atoms with Gasteiger partial charge in [-0.3, -0.25) is 4.79 Å². The maximum Gasteiger partial charge on any atom is 0.314 e. The molecule has 4 N–H and O–H groups in total. The van der Waals surface area contributed by atoms with Gasteiger partial charge in [0.05, 0.1) is 12.0 Å². The van der Waals surface area contributed by atoms with Crippen LogP contribution in [0.15, 0.2) is 12.7 Å². The molecule has 0 aromatic carbocycles. The molecule has 92 valence electrons. The lowest BCUT2D eigenvalue weighted by atomic mass is 10.0. The molecule has 2 amide bonds. The van der Waals surface area contributed by atoms with Gasteiger partial charge in [-0.1, -0.05) is 6.08 Å². The minimum atomic E-state index is -1.44. The molecule has 6 heteroatoms. The molecule has 0 aliphatic carbocycles. The summed E-state index contributed by atoms with van der Waals surface area (Å²) in [4.78, 5) is 21.5. The van der Waals surface area contributed by atoms with E-state index in [4.69, 9.17) is 5.11 Å². The number of aliphatic hydroxyl groups is 1. The standard InChI is InChI=1S/C10H18N2O4/c1-3-4-5-11-9(15)12-7-10(2,16)6-8(13)14/h3,16H,1,4-7H2,2H3,(H,13,14)(H2,11,12,15). The van der Waals surface area contributed by atoms with E-state index in [1.165, 1.54) is 6.92 Å². The van der Waals surface area contributed by atoms with Gasteiger partial charge in [0.25, 0.3) is 0 Å². The summed E-state index contributed by atoms with van der Waals surface area (Å²) in [5, 5.41) is 23.0. The molecule has 0 rings (SSSR count). The highest BCUT2D eigenvalue weighted by molar-refractivity contribution is 5.74. The van der Waals surface area contributed by atoms with Crippen molar-refractivity contribution in [3.8, 4) is 0 Å². The van der Waals surface area contributed by atoms with Crippen LogP contribution in [0.2, 0.25) is 0 Å². The number of urea groups is 1. The Labute approximate surface area is 94.3 Å². The second kappa shape index (κ2) is 6.84. The molecular weight excluding hydrogens is 212 g/mol. The first kappa shape index (κ1) is 14.4. The second-order valence-corrected chi connectivity index (χ2v) is 3.75. The number of amides is 2. The summed E-state index contributed by atoms with van der Waals surface area (Å²) in [6.07, 6.45) is 1.90. The summed E-state index contributed by atoms with van der Waals surface area (Å²) in [6.45, 7) is 5.19. The fourth-order valence-electron chi connectivity index (χ4n) is 1.01. The summed E-state index contributed by atoms with van der Waals surface area (Å²) < 4.78 is 0. The van der Waals surface area contributed by atoms with E-state index < -0.39 is 24.0 Å². The number of hydrogen-bond acceptors (Lipinski definition) is 3. The Morgan fingerprint density at radius 3 is 2.56 bits per heavy atom. The van der Waals surface area contributed by atoms with Crippen molar-refractivity contribution >= 4 is 12.0 Å². The van der Waals surface area contributed by atoms with Gasteiger partial charge in [-0.2, -0.15) is 0 Å². The summed E-state index contributed by atoms with van der Waals surface area (Å²) in [6, 6.07) is -0.437. The third kappa shape index (κ3) is 7.81. The van der Waals surface area contributed by atoms with Crippen LogP contribution in [0.5, 0.6) is 0 Å². The van der Waals surface area contributed by atoms with Crippen LogP contribution in [-0.4, -0.2) is 40.9 Å². The van der Waals surface area contributed by atoms with Gasteiger partial charge in [-0.05, 0) is 13.3 Å². The van der Waals surface area contributed by atoms with E-state index in [0.717, 1.165) is 0 Å². The number of aliphatic carboxylic acids is 1. The molecule has 0 aliphatic rings. The van der Waals surface area contributed by atoms with Gasteiger partial charge in [0.15, 0.2) is 0 Å². The Morgan fingerprint density at radius 1 is 1.44 bits per heavy atom. The van der Waals surface area contributed by atoms with E-state index in [2.05, 4.69) is 17.2 Å². The molecule has 0 aromatic heterocycles. The van der Waals surface area contributed by atoms with E-state index in [1.807, 2.05) is 0 Å². The predicted octanol–water partition coefficient (Wildman–Crippen LogP) is 0.0874. The van der Waals surface area contributed by atoms with E-state index in [0.29, 0.717) is 13.0 Å². The maximum atomic E-state index is 11.1. The van der Waals surface area contributed by atoms with E-state index >= 15 is 0 Å². The molecule has 0 fully saturated rings. The topological polar surface area (TPSA) is 98.7 Å². The SMILES string of the molecule is C=CCCNC(=O)NCC(C)(O)CC(=O)O. The number of rotatable bonds is 7. The zero-order valence-electron chi connectivity index (χ0n) is 9.32. The summed E-state index contributed by atoms with van der Waals surface area (Å²) in [5.74, 6) is -1.11. The fourth-order valence-corrected chi connectivity index (χ4v) is 1.01. The Balaban J connectivity index is 3.81. The average Bonchev–Trinajstić information content (AvgIpc) is 2.13. The number of carbonyl (C=O) groups excluding carboxylic acids is 1. The Hall–Kier alpha value is -1.56. The van der Waals surface area contributed by atoms with Crippen LogP contribution in [-0.2, 0) is 4.79 Å². The largest absolute Gasteiger partial charge is 0.481 e. The molecule has 0 bridgehead atoms. The maximum absolute atomic E-state index is 11.1. The normalized spacial score (nSPS) is 13.6. The quantitative estimate of drug-likeness (QED) is 0.368. The van der Waals surface area contributed by atoms with E-state index in [-0.39, 0.29) is 6.54 Å². The molecule has 16 heavy (non-hydrogen) atoms. The second-order valence-electron chi connectivity index (χ2n) is 3.75. The molecule has 1 unspecified atom stereocenters. The highest BCUT2D eigenvalue weighted by Gasteiger charge is 2.24. The van der Waals surface area contributed by atoms with E-state index in [9.17, 15) is 14.7 Å². The van der Waals surface area contributed by atoms with Gasteiger partial charge in [0.1, 0.15) is 0 Å². The molecule has 0 saturated heterocycles. The smallest absolute Gasteiger partial charge is 0.314 e. The first-order valence-electron chi connectivity index (χ1n) is 4.94. The van der Waals surface area contributed by atoms with Crippen molar-refractivity contribution in [2.75, 3.05) is 13.1 Å². The monoisotopic (exact) mass is 230 g/mol. The van der Waals surface area contributed by atoms with Gasteiger partial charge >= 0.3 is 12.0 Å². The molecule has 0 saturated carbocycles. The van der Waals surface area contributed by atoms with Crippen LogP contribution in [0.25, 0.3) is 0 Å². The van der Waals surface area contributed by atoms with Crippen LogP contribution in [0, 0.1) is 0 Å². The Kier molecular flexibility index (Phi) is 6.17. The summed E-state index contributed by atoms with van der Waals surface area (Å²) >= 11 is 0. The number of nitrogens with one attached hydrogen (secondary N) is 2.